The van der Waals surface area contributed by atoms with Crippen LogP contribution in [-0.4, -0.2) is 10.2 Å². The first-order valence-electron chi connectivity index (χ1n) is 13.4. The lowest BCUT2D eigenvalue weighted by Gasteiger charge is -2.19. The van der Waals surface area contributed by atoms with Gasteiger partial charge in [-0.1, -0.05) is 103 Å². The molecular formula is C36H32O2. The van der Waals surface area contributed by atoms with Crippen molar-refractivity contribution in [3.8, 4) is 11.5 Å². The molecule has 1 aliphatic rings. The Balaban J connectivity index is 1.55. The van der Waals surface area contributed by atoms with E-state index in [9.17, 15) is 10.2 Å². The van der Waals surface area contributed by atoms with E-state index in [2.05, 4.69) is 79.7 Å². The SMILES string of the molecule is Cc1c2cccc1Cc1cccc(c1O)Cc1cccc(c1Cc1ccccc1)Cc1cccc(c1O)C2. The molecule has 0 fully saturated rings. The number of para-hydroxylation sites is 2. The van der Waals surface area contributed by atoms with Crippen LogP contribution in [0.5, 0.6) is 11.5 Å². The summed E-state index contributed by atoms with van der Waals surface area (Å²) in [6.07, 6.45) is 3.45. The summed E-state index contributed by atoms with van der Waals surface area (Å²) < 4.78 is 0. The maximum absolute atomic E-state index is 11.4. The molecule has 6 rings (SSSR count). The summed E-state index contributed by atoms with van der Waals surface area (Å²) in [6.45, 7) is 2.15. The van der Waals surface area contributed by atoms with Crippen molar-refractivity contribution in [1.29, 1.82) is 0 Å². The van der Waals surface area contributed by atoms with Gasteiger partial charge in [-0.05, 0) is 74.5 Å². The first-order chi connectivity index (χ1) is 18.6. The third-order valence-electron chi connectivity index (χ3n) is 8.08. The fourth-order valence-electron chi connectivity index (χ4n) is 5.85. The number of rotatable bonds is 2. The molecule has 5 aromatic carbocycles. The standard InChI is InChI=1S/C36H32O2/c1-24-26-11-5-12-27(24)21-31-16-8-18-33(36(31)38)23-29-14-6-13-28(34(29)19-25-9-3-2-4-10-25)22-32-17-7-15-30(20-26)35(32)37/h2-18,37-38H,19-23H2,1H3. The topological polar surface area (TPSA) is 40.5 Å². The van der Waals surface area contributed by atoms with Gasteiger partial charge in [0.2, 0.25) is 0 Å². The first kappa shape index (κ1) is 24.1. The van der Waals surface area contributed by atoms with Crippen molar-refractivity contribution in [3.05, 3.63) is 164 Å². The van der Waals surface area contributed by atoms with Gasteiger partial charge in [0.25, 0.3) is 0 Å². The van der Waals surface area contributed by atoms with Crippen LogP contribution in [0.25, 0.3) is 0 Å². The Hall–Kier alpha value is -4.30. The van der Waals surface area contributed by atoms with Gasteiger partial charge in [-0.15, -0.1) is 0 Å². The normalized spacial score (nSPS) is 12.8. The van der Waals surface area contributed by atoms with E-state index in [1.165, 1.54) is 38.9 Å². The molecule has 1 aliphatic carbocycles. The van der Waals surface area contributed by atoms with Crippen LogP contribution >= 0.6 is 0 Å². The lowest BCUT2D eigenvalue weighted by atomic mass is 9.86. The number of aromatic hydroxyl groups is 2. The van der Waals surface area contributed by atoms with Crippen molar-refractivity contribution in [2.24, 2.45) is 0 Å². The smallest absolute Gasteiger partial charge is 0.122 e. The second kappa shape index (κ2) is 10.2. The van der Waals surface area contributed by atoms with E-state index in [1.807, 2.05) is 30.3 Å². The number of benzene rings is 5. The summed E-state index contributed by atoms with van der Waals surface area (Å²) in [5.41, 5.74) is 12.3. The van der Waals surface area contributed by atoms with Gasteiger partial charge in [-0.3, -0.25) is 0 Å². The molecule has 5 aromatic rings. The number of phenolic OH excluding ortho intramolecular Hbond substituents is 2. The quantitative estimate of drug-likeness (QED) is 0.258. The monoisotopic (exact) mass is 496 g/mol. The zero-order valence-electron chi connectivity index (χ0n) is 21.7. The third-order valence-corrected chi connectivity index (χ3v) is 8.08. The van der Waals surface area contributed by atoms with Gasteiger partial charge in [0.15, 0.2) is 0 Å². The largest absolute Gasteiger partial charge is 0.507 e. The molecule has 0 amide bonds. The fourth-order valence-corrected chi connectivity index (χ4v) is 5.85. The Bertz CT molecular complexity index is 1520. The maximum atomic E-state index is 11.4. The zero-order valence-corrected chi connectivity index (χ0v) is 21.7. The van der Waals surface area contributed by atoms with Crippen molar-refractivity contribution in [2.75, 3.05) is 0 Å². The molecule has 0 radical (unpaired) electrons. The lowest BCUT2D eigenvalue weighted by Crippen LogP contribution is -2.05. The van der Waals surface area contributed by atoms with Crippen LogP contribution in [0.15, 0.2) is 103 Å². The van der Waals surface area contributed by atoms with Gasteiger partial charge in [0.1, 0.15) is 11.5 Å². The van der Waals surface area contributed by atoms with Crippen molar-refractivity contribution < 1.29 is 10.2 Å². The van der Waals surface area contributed by atoms with E-state index < -0.39 is 0 Å². The van der Waals surface area contributed by atoms with Crippen LogP contribution < -0.4 is 0 Å². The van der Waals surface area contributed by atoms with E-state index >= 15 is 0 Å². The van der Waals surface area contributed by atoms with E-state index in [0.717, 1.165) is 28.7 Å². The third kappa shape index (κ3) is 4.70. The van der Waals surface area contributed by atoms with Crippen molar-refractivity contribution in [1.82, 2.24) is 0 Å². The van der Waals surface area contributed by atoms with Crippen LogP contribution in [0.2, 0.25) is 0 Å². The van der Waals surface area contributed by atoms with Crippen LogP contribution in [0.1, 0.15) is 61.2 Å². The Labute approximate surface area is 224 Å². The second-order valence-electron chi connectivity index (χ2n) is 10.5. The highest BCUT2D eigenvalue weighted by Gasteiger charge is 2.18. The van der Waals surface area contributed by atoms with Gasteiger partial charge in [-0.2, -0.15) is 0 Å². The summed E-state index contributed by atoms with van der Waals surface area (Å²) >= 11 is 0. The minimum atomic E-state index is 0.392. The lowest BCUT2D eigenvalue weighted by molar-refractivity contribution is 0.463. The minimum absolute atomic E-state index is 0.392. The van der Waals surface area contributed by atoms with Gasteiger partial charge in [0.05, 0.1) is 0 Å². The second-order valence-corrected chi connectivity index (χ2v) is 10.5. The molecule has 0 spiro atoms. The number of hydrogen-bond acceptors (Lipinski definition) is 2. The van der Waals surface area contributed by atoms with Crippen LogP contribution in [-0.2, 0) is 32.1 Å². The van der Waals surface area contributed by atoms with E-state index in [4.69, 9.17) is 0 Å². The fraction of sp³-hybridized carbons (Fsp3) is 0.167. The number of hydrogen-bond donors (Lipinski definition) is 2. The molecule has 0 heterocycles. The molecule has 2 nitrogen and oxygen atoms in total. The predicted molar refractivity (Wildman–Crippen MR) is 154 cm³/mol. The molecule has 38 heavy (non-hydrogen) atoms. The van der Waals surface area contributed by atoms with Crippen molar-refractivity contribution >= 4 is 0 Å². The van der Waals surface area contributed by atoms with Crippen LogP contribution in [0.3, 0.4) is 0 Å². The van der Waals surface area contributed by atoms with E-state index in [0.29, 0.717) is 37.2 Å². The average molecular weight is 497 g/mol. The summed E-state index contributed by atoms with van der Waals surface area (Å²) in [7, 11) is 0. The molecule has 0 aromatic heterocycles. The molecular weight excluding hydrogens is 464 g/mol. The summed E-state index contributed by atoms with van der Waals surface area (Å²) in [4.78, 5) is 0. The molecule has 188 valence electrons. The van der Waals surface area contributed by atoms with Gasteiger partial charge in [-0.25, -0.2) is 0 Å². The van der Waals surface area contributed by atoms with Crippen LogP contribution in [0.4, 0.5) is 0 Å². The summed E-state index contributed by atoms with van der Waals surface area (Å²) in [6, 6.07) is 35.7. The summed E-state index contributed by atoms with van der Waals surface area (Å²) in [5, 5.41) is 22.8. The molecule has 0 saturated heterocycles. The van der Waals surface area contributed by atoms with Gasteiger partial charge in [0, 0.05) is 25.7 Å². The number of fused-ring (bicyclic) bond motifs is 8. The minimum Gasteiger partial charge on any atom is -0.507 e. The van der Waals surface area contributed by atoms with Gasteiger partial charge < -0.3 is 10.2 Å². The van der Waals surface area contributed by atoms with Crippen molar-refractivity contribution in [2.45, 2.75) is 39.0 Å². The molecule has 2 N–H and O–H groups in total. The molecule has 0 atom stereocenters. The van der Waals surface area contributed by atoms with Crippen LogP contribution in [0, 0.1) is 6.92 Å². The number of phenols is 2. The summed E-state index contributed by atoms with van der Waals surface area (Å²) in [5.74, 6) is 0.784. The molecule has 0 unspecified atom stereocenters. The molecule has 0 aliphatic heterocycles. The first-order valence-corrected chi connectivity index (χ1v) is 13.4. The highest BCUT2D eigenvalue weighted by molar-refractivity contribution is 5.53. The Morgan fingerprint density at radius 2 is 0.816 bits per heavy atom. The molecule has 0 saturated carbocycles. The highest BCUT2D eigenvalue weighted by Crippen LogP contribution is 2.34. The van der Waals surface area contributed by atoms with Crippen molar-refractivity contribution in [3.63, 3.8) is 0 Å². The highest BCUT2D eigenvalue weighted by atomic mass is 16.3. The van der Waals surface area contributed by atoms with E-state index in [-0.39, 0.29) is 0 Å². The molecule has 2 heteroatoms. The van der Waals surface area contributed by atoms with Gasteiger partial charge >= 0.3 is 0 Å². The maximum Gasteiger partial charge on any atom is 0.122 e. The molecule has 8 bridgehead atoms. The Morgan fingerprint density at radius 1 is 0.447 bits per heavy atom. The zero-order chi connectivity index (χ0) is 26.1. The Kier molecular flexibility index (Phi) is 6.47. The van der Waals surface area contributed by atoms with E-state index in [1.54, 1.807) is 0 Å². The predicted octanol–water partition coefficient (Wildman–Crippen LogP) is 7.67. The average Bonchev–Trinajstić information content (AvgIpc) is 2.92. The Morgan fingerprint density at radius 3 is 1.26 bits per heavy atom.